The van der Waals surface area contributed by atoms with Crippen LogP contribution in [0.3, 0.4) is 0 Å². The fraction of sp³-hybridized carbons (Fsp3) is 0.520. The zero-order chi connectivity index (χ0) is 24.5. The van der Waals surface area contributed by atoms with Crippen molar-refractivity contribution in [3.8, 4) is 11.1 Å². The molecule has 1 aliphatic heterocycles. The molecule has 1 aromatic carbocycles. The molecule has 5 nitrogen and oxygen atoms in total. The Balaban J connectivity index is 1.68. The first-order chi connectivity index (χ1) is 16.1. The maximum absolute atomic E-state index is 14.7. The van der Waals surface area contributed by atoms with E-state index in [0.717, 1.165) is 18.2 Å². The molecule has 2 aromatic rings. The number of hydrogen-bond acceptors (Lipinski definition) is 4. The average Bonchev–Trinajstić information content (AvgIpc) is 2.81. The van der Waals surface area contributed by atoms with Gasteiger partial charge in [0.25, 0.3) is 5.91 Å². The highest BCUT2D eigenvalue weighted by molar-refractivity contribution is 5.99. The lowest BCUT2D eigenvalue weighted by molar-refractivity contribution is -0.150. The van der Waals surface area contributed by atoms with E-state index >= 15 is 0 Å². The number of nitrogens with zero attached hydrogens (tertiary/aromatic N) is 1. The van der Waals surface area contributed by atoms with E-state index < -0.39 is 35.2 Å². The Morgan fingerprint density at radius 2 is 1.85 bits per heavy atom. The van der Waals surface area contributed by atoms with Gasteiger partial charge in [-0.1, -0.05) is 0 Å². The third kappa shape index (κ3) is 5.25. The normalized spacial score (nSPS) is 25.2. The standard InChI is InChI=1S/C25H28F4N2O3/c1-24(33-2)9-7-20(34-14-24)23(32)31-22-17(18-13-16(26)3-4-19(18)27)8-12-30-21(22)15-5-10-25(28,29)11-6-15/h3-4,8,12-13,15,20H,5-7,9-11,14H2,1-2H3,(H,31,32). The van der Waals surface area contributed by atoms with Crippen LogP contribution in [-0.2, 0) is 14.3 Å². The first-order valence-corrected chi connectivity index (χ1v) is 11.4. The number of nitrogens with one attached hydrogen (secondary N) is 1. The molecule has 0 spiro atoms. The molecule has 4 rings (SSSR count). The SMILES string of the molecule is COC1(C)CCC(C(=O)Nc2c(-c3cc(F)ccc3F)ccnc2C2CCC(F)(F)CC2)OC1. The van der Waals surface area contributed by atoms with E-state index in [1.54, 1.807) is 7.11 Å². The van der Waals surface area contributed by atoms with Gasteiger partial charge in [-0.15, -0.1) is 0 Å². The summed E-state index contributed by atoms with van der Waals surface area (Å²) >= 11 is 0. The lowest BCUT2D eigenvalue weighted by Gasteiger charge is -2.36. The van der Waals surface area contributed by atoms with Gasteiger partial charge in [-0.3, -0.25) is 9.78 Å². The number of amides is 1. The van der Waals surface area contributed by atoms with E-state index in [1.165, 1.54) is 12.3 Å². The summed E-state index contributed by atoms with van der Waals surface area (Å²) in [6.45, 7) is 2.12. The summed E-state index contributed by atoms with van der Waals surface area (Å²) in [5.41, 5.74) is 0.305. The number of benzene rings is 1. The number of rotatable bonds is 5. The molecule has 1 aliphatic carbocycles. The Morgan fingerprint density at radius 1 is 1.12 bits per heavy atom. The molecular weight excluding hydrogens is 452 g/mol. The molecule has 1 saturated heterocycles. The Morgan fingerprint density at radius 3 is 2.50 bits per heavy atom. The Bertz CT molecular complexity index is 1040. The Hall–Kier alpha value is -2.52. The molecule has 1 N–H and O–H groups in total. The smallest absolute Gasteiger partial charge is 0.253 e. The highest BCUT2D eigenvalue weighted by Crippen LogP contribution is 2.44. The summed E-state index contributed by atoms with van der Waals surface area (Å²) in [4.78, 5) is 17.5. The number of methoxy groups -OCH3 is 1. The molecule has 2 fully saturated rings. The lowest BCUT2D eigenvalue weighted by atomic mass is 9.83. The van der Waals surface area contributed by atoms with Crippen molar-refractivity contribution in [1.82, 2.24) is 4.98 Å². The average molecular weight is 481 g/mol. The van der Waals surface area contributed by atoms with E-state index in [0.29, 0.717) is 18.5 Å². The van der Waals surface area contributed by atoms with Crippen molar-refractivity contribution in [3.63, 3.8) is 0 Å². The zero-order valence-corrected chi connectivity index (χ0v) is 19.2. The van der Waals surface area contributed by atoms with Crippen LogP contribution in [0.4, 0.5) is 23.2 Å². The van der Waals surface area contributed by atoms with Gasteiger partial charge in [-0.25, -0.2) is 17.6 Å². The molecule has 1 saturated carbocycles. The van der Waals surface area contributed by atoms with E-state index in [1.807, 2.05) is 6.92 Å². The van der Waals surface area contributed by atoms with Gasteiger partial charge in [0.15, 0.2) is 0 Å². The summed E-state index contributed by atoms with van der Waals surface area (Å²) in [5.74, 6) is -4.86. The highest BCUT2D eigenvalue weighted by atomic mass is 19.3. The van der Waals surface area contributed by atoms with E-state index in [9.17, 15) is 22.4 Å². The molecule has 2 heterocycles. The molecule has 0 bridgehead atoms. The van der Waals surface area contributed by atoms with Crippen LogP contribution in [-0.4, -0.2) is 42.2 Å². The lowest BCUT2D eigenvalue weighted by Crippen LogP contribution is -2.45. The van der Waals surface area contributed by atoms with Crippen molar-refractivity contribution in [3.05, 3.63) is 47.8 Å². The van der Waals surface area contributed by atoms with Gasteiger partial charge in [-0.2, -0.15) is 0 Å². The predicted molar refractivity (Wildman–Crippen MR) is 119 cm³/mol. The summed E-state index contributed by atoms with van der Waals surface area (Å²) < 4.78 is 67.4. The minimum absolute atomic E-state index is 0.0448. The number of pyridine rings is 1. The van der Waals surface area contributed by atoms with Gasteiger partial charge in [0.2, 0.25) is 5.92 Å². The second kappa shape index (κ2) is 9.62. The maximum Gasteiger partial charge on any atom is 0.253 e. The minimum atomic E-state index is -2.74. The Kier molecular flexibility index (Phi) is 6.96. The molecule has 34 heavy (non-hydrogen) atoms. The summed E-state index contributed by atoms with van der Waals surface area (Å²) in [6.07, 6.45) is 1.42. The van der Waals surface area contributed by atoms with Crippen molar-refractivity contribution in [2.24, 2.45) is 0 Å². The maximum atomic E-state index is 14.7. The van der Waals surface area contributed by atoms with Gasteiger partial charge in [0.1, 0.15) is 17.7 Å². The van der Waals surface area contributed by atoms with Gasteiger partial charge < -0.3 is 14.8 Å². The monoisotopic (exact) mass is 480 g/mol. The van der Waals surface area contributed by atoms with Gasteiger partial charge in [0.05, 0.1) is 23.6 Å². The zero-order valence-electron chi connectivity index (χ0n) is 19.2. The number of ether oxygens (including phenoxy) is 2. The molecule has 2 atom stereocenters. The van der Waals surface area contributed by atoms with Crippen LogP contribution in [0, 0.1) is 11.6 Å². The molecule has 9 heteroatoms. The second-order valence-electron chi connectivity index (χ2n) is 9.35. The topological polar surface area (TPSA) is 60.5 Å². The number of halogens is 4. The van der Waals surface area contributed by atoms with E-state index in [4.69, 9.17) is 9.47 Å². The van der Waals surface area contributed by atoms with E-state index in [-0.39, 0.29) is 55.0 Å². The van der Waals surface area contributed by atoms with Crippen LogP contribution in [0.1, 0.15) is 57.1 Å². The van der Waals surface area contributed by atoms with Gasteiger partial charge in [-0.05, 0) is 56.9 Å². The predicted octanol–water partition coefficient (Wildman–Crippen LogP) is 5.84. The van der Waals surface area contributed by atoms with Crippen molar-refractivity contribution >= 4 is 11.6 Å². The first kappa shape index (κ1) is 24.6. The Labute approximate surface area is 195 Å². The number of carbonyl (C=O) groups excluding carboxylic acids is 1. The first-order valence-electron chi connectivity index (χ1n) is 11.4. The quantitative estimate of drug-likeness (QED) is 0.546. The number of alkyl halides is 2. The molecule has 2 aliphatic rings. The van der Waals surface area contributed by atoms with Gasteiger partial charge in [0, 0.05) is 43.2 Å². The van der Waals surface area contributed by atoms with Crippen LogP contribution >= 0.6 is 0 Å². The highest BCUT2D eigenvalue weighted by Gasteiger charge is 2.38. The summed E-state index contributed by atoms with van der Waals surface area (Å²) in [6, 6.07) is 4.54. The van der Waals surface area contributed by atoms with Crippen molar-refractivity contribution in [1.29, 1.82) is 0 Å². The van der Waals surface area contributed by atoms with Crippen molar-refractivity contribution in [2.45, 2.75) is 69.0 Å². The molecule has 2 unspecified atom stereocenters. The number of aromatic nitrogens is 1. The van der Waals surface area contributed by atoms with Crippen LogP contribution in [0.15, 0.2) is 30.5 Å². The molecule has 0 radical (unpaired) electrons. The fourth-order valence-corrected chi connectivity index (χ4v) is 4.60. The van der Waals surface area contributed by atoms with E-state index in [2.05, 4.69) is 10.3 Å². The van der Waals surface area contributed by atoms with Crippen molar-refractivity contribution < 1.29 is 31.8 Å². The number of anilines is 1. The third-order valence-electron chi connectivity index (χ3n) is 6.86. The van der Waals surface area contributed by atoms with Gasteiger partial charge >= 0.3 is 0 Å². The second-order valence-corrected chi connectivity index (χ2v) is 9.35. The largest absolute Gasteiger partial charge is 0.376 e. The molecule has 184 valence electrons. The van der Waals surface area contributed by atoms with Crippen LogP contribution in [0.5, 0.6) is 0 Å². The van der Waals surface area contributed by atoms with Crippen molar-refractivity contribution in [2.75, 3.05) is 19.0 Å². The molecule has 1 amide bonds. The summed E-state index contributed by atoms with van der Waals surface area (Å²) in [7, 11) is 1.58. The molecule has 1 aromatic heterocycles. The van der Waals surface area contributed by atoms with Crippen LogP contribution in [0.2, 0.25) is 0 Å². The summed E-state index contributed by atoms with van der Waals surface area (Å²) in [5, 5.41) is 2.81. The fourth-order valence-electron chi connectivity index (χ4n) is 4.60. The number of carbonyl (C=O) groups is 1. The minimum Gasteiger partial charge on any atom is -0.376 e. The molecular formula is C25H28F4N2O3. The van der Waals surface area contributed by atoms with Crippen LogP contribution in [0.25, 0.3) is 11.1 Å². The third-order valence-corrected chi connectivity index (χ3v) is 6.86. The number of hydrogen-bond donors (Lipinski definition) is 1. The van der Waals surface area contributed by atoms with Crippen LogP contribution < -0.4 is 5.32 Å².